The number of aliphatic hydroxyl groups excluding tert-OH is 1. The van der Waals surface area contributed by atoms with Crippen LogP contribution in [-0.4, -0.2) is 21.9 Å². The van der Waals surface area contributed by atoms with E-state index in [1.807, 2.05) is 6.92 Å². The molecule has 2 fully saturated rings. The third-order valence-corrected chi connectivity index (χ3v) is 7.52. The first-order valence-corrected chi connectivity index (χ1v) is 9.33. The highest BCUT2D eigenvalue weighted by atomic mass is 16.3. The van der Waals surface area contributed by atoms with Crippen molar-refractivity contribution in [2.24, 2.45) is 29.1 Å². The molecule has 2 N–H and O–H groups in total. The van der Waals surface area contributed by atoms with Gasteiger partial charge in [0.15, 0.2) is 0 Å². The number of fused-ring (bicyclic) bond motifs is 1. The van der Waals surface area contributed by atoms with E-state index in [0.717, 1.165) is 24.3 Å². The second-order valence-electron chi connectivity index (χ2n) is 9.06. The molecule has 0 radical (unpaired) electrons. The largest absolute Gasteiger partial charge is 0.393 e. The monoisotopic (exact) mass is 306 g/mol. The fraction of sp³-hybridized carbons (Fsp3) is 0.900. The van der Waals surface area contributed by atoms with Crippen LogP contribution in [0.25, 0.3) is 0 Å². The van der Waals surface area contributed by atoms with E-state index in [-0.39, 0.29) is 6.10 Å². The maximum atomic E-state index is 10.4. The minimum Gasteiger partial charge on any atom is -0.393 e. The number of hydrogen-bond acceptors (Lipinski definition) is 2. The molecule has 0 aromatic carbocycles. The molecule has 2 saturated carbocycles. The van der Waals surface area contributed by atoms with Crippen molar-refractivity contribution < 1.29 is 10.2 Å². The fourth-order valence-corrected chi connectivity index (χ4v) is 6.18. The normalized spacial score (nSPS) is 49.8. The molecule has 3 rings (SSSR count). The molecule has 7 atom stereocenters. The number of rotatable bonds is 3. The van der Waals surface area contributed by atoms with Gasteiger partial charge in [-0.15, -0.1) is 0 Å². The summed E-state index contributed by atoms with van der Waals surface area (Å²) in [6, 6.07) is 0. The van der Waals surface area contributed by atoms with E-state index in [2.05, 4.69) is 26.8 Å². The topological polar surface area (TPSA) is 40.5 Å². The van der Waals surface area contributed by atoms with Gasteiger partial charge in [0.1, 0.15) is 0 Å². The van der Waals surface area contributed by atoms with Gasteiger partial charge in [0.25, 0.3) is 0 Å². The molecule has 2 nitrogen and oxygen atoms in total. The Hall–Kier alpha value is -0.340. The first-order valence-electron chi connectivity index (χ1n) is 9.33. The first-order chi connectivity index (χ1) is 10.2. The van der Waals surface area contributed by atoms with Crippen molar-refractivity contribution in [3.8, 4) is 0 Å². The molecule has 7 unspecified atom stereocenters. The van der Waals surface area contributed by atoms with Crippen molar-refractivity contribution in [2.45, 2.75) is 84.3 Å². The Kier molecular flexibility index (Phi) is 4.23. The van der Waals surface area contributed by atoms with Crippen molar-refractivity contribution in [3.05, 3.63) is 11.6 Å². The molecule has 0 aliphatic heterocycles. The molecule has 0 saturated heterocycles. The van der Waals surface area contributed by atoms with E-state index in [4.69, 9.17) is 0 Å². The van der Waals surface area contributed by atoms with Crippen LogP contribution in [0.2, 0.25) is 0 Å². The van der Waals surface area contributed by atoms with Crippen molar-refractivity contribution in [2.75, 3.05) is 0 Å². The zero-order valence-electron chi connectivity index (χ0n) is 14.8. The highest BCUT2D eigenvalue weighted by Gasteiger charge is 2.52. The van der Waals surface area contributed by atoms with E-state index >= 15 is 0 Å². The van der Waals surface area contributed by atoms with Crippen molar-refractivity contribution in [1.29, 1.82) is 0 Å². The fourth-order valence-electron chi connectivity index (χ4n) is 6.18. The van der Waals surface area contributed by atoms with Crippen molar-refractivity contribution in [1.82, 2.24) is 0 Å². The van der Waals surface area contributed by atoms with Crippen LogP contribution in [0.15, 0.2) is 11.6 Å². The van der Waals surface area contributed by atoms with E-state index < -0.39 is 5.60 Å². The zero-order valence-corrected chi connectivity index (χ0v) is 14.8. The van der Waals surface area contributed by atoms with Gasteiger partial charge in [-0.2, -0.15) is 0 Å². The van der Waals surface area contributed by atoms with Crippen LogP contribution in [0.1, 0.15) is 72.6 Å². The number of hydrogen-bond donors (Lipinski definition) is 2. The van der Waals surface area contributed by atoms with Crippen molar-refractivity contribution in [3.63, 3.8) is 0 Å². The lowest BCUT2D eigenvalue weighted by molar-refractivity contribution is -0.0289. The van der Waals surface area contributed by atoms with Gasteiger partial charge in [-0.25, -0.2) is 0 Å². The predicted molar refractivity (Wildman–Crippen MR) is 90.4 cm³/mol. The highest BCUT2D eigenvalue weighted by molar-refractivity contribution is 5.21. The van der Waals surface area contributed by atoms with Crippen LogP contribution < -0.4 is 0 Å². The Labute approximate surface area is 136 Å². The van der Waals surface area contributed by atoms with Gasteiger partial charge in [0, 0.05) is 0 Å². The molecule has 0 heterocycles. The molecule has 0 aromatic rings. The summed E-state index contributed by atoms with van der Waals surface area (Å²) < 4.78 is 0. The second-order valence-corrected chi connectivity index (χ2v) is 9.06. The molecule has 3 aliphatic carbocycles. The van der Waals surface area contributed by atoms with Gasteiger partial charge in [-0.3, -0.25) is 0 Å². The average Bonchev–Trinajstić information content (AvgIpc) is 2.87. The third-order valence-electron chi connectivity index (χ3n) is 7.52. The Bertz CT molecular complexity index is 453. The van der Waals surface area contributed by atoms with Crippen LogP contribution in [0.4, 0.5) is 0 Å². The Morgan fingerprint density at radius 2 is 2.00 bits per heavy atom. The van der Waals surface area contributed by atoms with Gasteiger partial charge >= 0.3 is 0 Å². The number of aliphatic hydroxyl groups is 2. The van der Waals surface area contributed by atoms with Gasteiger partial charge in [0.05, 0.1) is 11.7 Å². The second kappa shape index (κ2) is 5.63. The van der Waals surface area contributed by atoms with Gasteiger partial charge in [-0.1, -0.05) is 26.3 Å². The lowest BCUT2D eigenvalue weighted by Gasteiger charge is -2.45. The summed E-state index contributed by atoms with van der Waals surface area (Å²) in [4.78, 5) is 0. The van der Waals surface area contributed by atoms with Gasteiger partial charge in [0.2, 0.25) is 0 Å². The van der Waals surface area contributed by atoms with Crippen LogP contribution in [0.3, 0.4) is 0 Å². The van der Waals surface area contributed by atoms with E-state index in [9.17, 15) is 10.2 Å². The molecular formula is C20H34O2. The molecular weight excluding hydrogens is 272 g/mol. The zero-order chi connectivity index (χ0) is 16.1. The third kappa shape index (κ3) is 2.67. The number of allylic oxidation sites excluding steroid dienone is 1. The highest BCUT2D eigenvalue weighted by Crippen LogP contribution is 2.58. The van der Waals surface area contributed by atoms with Crippen molar-refractivity contribution >= 4 is 0 Å². The van der Waals surface area contributed by atoms with Gasteiger partial charge in [-0.05, 0) is 87.0 Å². The summed E-state index contributed by atoms with van der Waals surface area (Å²) in [5.74, 6) is 2.48. The van der Waals surface area contributed by atoms with E-state index in [1.165, 1.54) is 32.1 Å². The van der Waals surface area contributed by atoms with Crippen LogP contribution in [-0.2, 0) is 0 Å². The van der Waals surface area contributed by atoms with Crippen LogP contribution in [0.5, 0.6) is 0 Å². The standard InChI is InChI=1S/C20H34O2/c1-13(10-15-11-14(2)20(4,22)12-15)16-7-8-17-18(21)6-5-9-19(16,17)3/h11,13,15-18,21-22H,5-10,12H2,1-4H3. The molecule has 3 aliphatic rings. The summed E-state index contributed by atoms with van der Waals surface area (Å²) in [6.07, 6.45) is 10.3. The summed E-state index contributed by atoms with van der Waals surface area (Å²) in [5.41, 5.74) is 0.901. The molecule has 0 bridgehead atoms. The predicted octanol–water partition coefficient (Wildman–Crippen LogP) is 4.31. The summed E-state index contributed by atoms with van der Waals surface area (Å²) >= 11 is 0. The van der Waals surface area contributed by atoms with Crippen LogP contribution >= 0.6 is 0 Å². The quantitative estimate of drug-likeness (QED) is 0.763. The van der Waals surface area contributed by atoms with Gasteiger partial charge < -0.3 is 10.2 Å². The minimum atomic E-state index is -0.590. The Morgan fingerprint density at radius 1 is 1.27 bits per heavy atom. The Morgan fingerprint density at radius 3 is 2.64 bits per heavy atom. The molecule has 2 heteroatoms. The first kappa shape index (κ1) is 16.5. The van der Waals surface area contributed by atoms with Crippen LogP contribution in [0, 0.1) is 29.1 Å². The molecule has 0 aromatic heterocycles. The lowest BCUT2D eigenvalue weighted by atomic mass is 9.61. The maximum Gasteiger partial charge on any atom is 0.0831 e. The molecule has 22 heavy (non-hydrogen) atoms. The Balaban J connectivity index is 1.67. The lowest BCUT2D eigenvalue weighted by Crippen LogP contribution is -2.41. The smallest absolute Gasteiger partial charge is 0.0831 e. The molecule has 126 valence electrons. The molecule has 0 amide bonds. The summed E-state index contributed by atoms with van der Waals surface area (Å²) in [6.45, 7) is 8.87. The minimum absolute atomic E-state index is 0.0645. The average molecular weight is 306 g/mol. The summed E-state index contributed by atoms with van der Waals surface area (Å²) in [5, 5.41) is 20.8. The molecule has 0 spiro atoms. The van der Waals surface area contributed by atoms with E-state index in [1.54, 1.807) is 0 Å². The maximum absolute atomic E-state index is 10.4. The SMILES string of the molecule is CC1=CC(CC(C)C2CCC3C(O)CCCC23C)CC1(C)O. The summed E-state index contributed by atoms with van der Waals surface area (Å²) in [7, 11) is 0. The van der Waals surface area contributed by atoms with E-state index in [0.29, 0.717) is 23.2 Å².